The standard InChI is InChI=1S/C16H19N5O/c1-10-9-11(2)21(19-10)8-7-15-18-16(20-22-15)13-5-4-6-14(17)12(13)3/h4-6,9H,7-8,17H2,1-3H3. The lowest BCUT2D eigenvalue weighted by Crippen LogP contribution is -2.05. The van der Waals surface area contributed by atoms with Gasteiger partial charge in [0.15, 0.2) is 0 Å². The Morgan fingerprint density at radius 1 is 1.23 bits per heavy atom. The van der Waals surface area contributed by atoms with Gasteiger partial charge in [-0.15, -0.1) is 0 Å². The minimum atomic E-state index is 0.577. The van der Waals surface area contributed by atoms with Gasteiger partial charge >= 0.3 is 0 Å². The summed E-state index contributed by atoms with van der Waals surface area (Å²) < 4.78 is 7.29. The number of nitrogens with zero attached hydrogens (tertiary/aromatic N) is 4. The smallest absolute Gasteiger partial charge is 0.228 e. The van der Waals surface area contributed by atoms with Gasteiger partial charge in [-0.2, -0.15) is 10.1 Å². The molecule has 3 rings (SSSR count). The zero-order chi connectivity index (χ0) is 15.7. The maximum atomic E-state index is 5.92. The third-order valence-corrected chi connectivity index (χ3v) is 3.73. The fourth-order valence-corrected chi connectivity index (χ4v) is 2.46. The van der Waals surface area contributed by atoms with E-state index >= 15 is 0 Å². The van der Waals surface area contributed by atoms with Gasteiger partial charge in [-0.25, -0.2) is 0 Å². The Morgan fingerprint density at radius 3 is 2.77 bits per heavy atom. The molecule has 0 saturated heterocycles. The number of rotatable bonds is 4. The summed E-state index contributed by atoms with van der Waals surface area (Å²) in [4.78, 5) is 4.46. The maximum Gasteiger partial charge on any atom is 0.228 e. The molecule has 2 aromatic heterocycles. The van der Waals surface area contributed by atoms with Crippen molar-refractivity contribution in [3.8, 4) is 11.4 Å². The van der Waals surface area contributed by atoms with Gasteiger partial charge in [-0.1, -0.05) is 17.3 Å². The number of aromatic nitrogens is 4. The molecule has 0 aliphatic rings. The Hall–Kier alpha value is -2.63. The number of anilines is 1. The summed E-state index contributed by atoms with van der Waals surface area (Å²) in [5.74, 6) is 1.18. The molecule has 0 radical (unpaired) electrons. The van der Waals surface area contributed by atoms with E-state index in [0.29, 0.717) is 18.1 Å². The monoisotopic (exact) mass is 297 g/mol. The second kappa shape index (κ2) is 5.63. The number of hydrogen-bond acceptors (Lipinski definition) is 5. The van der Waals surface area contributed by atoms with E-state index < -0.39 is 0 Å². The topological polar surface area (TPSA) is 82.8 Å². The van der Waals surface area contributed by atoms with E-state index in [1.165, 1.54) is 0 Å². The van der Waals surface area contributed by atoms with Crippen molar-refractivity contribution < 1.29 is 4.52 Å². The van der Waals surface area contributed by atoms with Gasteiger partial charge in [0.25, 0.3) is 0 Å². The van der Waals surface area contributed by atoms with Crippen molar-refractivity contribution in [2.45, 2.75) is 33.7 Å². The largest absolute Gasteiger partial charge is 0.398 e. The lowest BCUT2D eigenvalue weighted by molar-refractivity contribution is 0.368. The number of aryl methyl sites for hydroxylation is 4. The average molecular weight is 297 g/mol. The van der Waals surface area contributed by atoms with Crippen molar-refractivity contribution in [1.82, 2.24) is 19.9 Å². The van der Waals surface area contributed by atoms with E-state index in [1.54, 1.807) is 0 Å². The first kappa shape index (κ1) is 14.3. The van der Waals surface area contributed by atoms with E-state index in [1.807, 2.05) is 43.7 Å². The maximum absolute atomic E-state index is 5.92. The first-order valence-electron chi connectivity index (χ1n) is 7.23. The number of hydrogen-bond donors (Lipinski definition) is 1. The highest BCUT2D eigenvalue weighted by Crippen LogP contribution is 2.24. The van der Waals surface area contributed by atoms with Gasteiger partial charge in [-0.3, -0.25) is 4.68 Å². The molecular formula is C16H19N5O. The van der Waals surface area contributed by atoms with Crippen molar-refractivity contribution in [2.75, 3.05) is 5.73 Å². The molecule has 2 heterocycles. The van der Waals surface area contributed by atoms with Crippen LogP contribution in [0.4, 0.5) is 5.69 Å². The van der Waals surface area contributed by atoms with Crippen LogP contribution in [0.3, 0.4) is 0 Å². The first-order chi connectivity index (χ1) is 10.5. The zero-order valence-corrected chi connectivity index (χ0v) is 13.0. The minimum absolute atomic E-state index is 0.577. The summed E-state index contributed by atoms with van der Waals surface area (Å²) in [6.07, 6.45) is 0.649. The SMILES string of the molecule is Cc1cc(C)n(CCc2nc(-c3cccc(N)c3C)no2)n1. The molecule has 0 atom stereocenters. The van der Waals surface area contributed by atoms with Gasteiger partial charge < -0.3 is 10.3 Å². The lowest BCUT2D eigenvalue weighted by atomic mass is 10.1. The summed E-state index contributed by atoms with van der Waals surface area (Å²) in [6, 6.07) is 7.75. The first-order valence-corrected chi connectivity index (χ1v) is 7.23. The third kappa shape index (κ3) is 2.72. The van der Waals surface area contributed by atoms with Crippen molar-refractivity contribution in [2.24, 2.45) is 0 Å². The Balaban J connectivity index is 1.76. The number of nitrogen functional groups attached to an aromatic ring is 1. The Bertz CT molecular complexity index is 803. The molecule has 0 fully saturated rings. The predicted molar refractivity (Wildman–Crippen MR) is 84.3 cm³/mol. The summed E-state index contributed by atoms with van der Waals surface area (Å²) in [6.45, 7) is 6.69. The molecule has 2 N–H and O–H groups in total. The molecule has 3 aromatic rings. The van der Waals surface area contributed by atoms with E-state index in [0.717, 1.165) is 34.7 Å². The van der Waals surface area contributed by atoms with E-state index in [2.05, 4.69) is 21.3 Å². The Morgan fingerprint density at radius 2 is 2.05 bits per heavy atom. The number of benzene rings is 1. The minimum Gasteiger partial charge on any atom is -0.398 e. The highest BCUT2D eigenvalue weighted by Gasteiger charge is 2.12. The summed E-state index contributed by atoms with van der Waals surface area (Å²) >= 11 is 0. The molecule has 0 spiro atoms. The fourth-order valence-electron chi connectivity index (χ4n) is 2.46. The molecule has 0 aliphatic carbocycles. The normalized spacial score (nSPS) is 11.0. The summed E-state index contributed by atoms with van der Waals surface area (Å²) in [5.41, 5.74) is 10.7. The summed E-state index contributed by atoms with van der Waals surface area (Å²) in [5, 5.41) is 8.48. The Kier molecular flexibility index (Phi) is 3.66. The van der Waals surface area contributed by atoms with Crippen LogP contribution in [-0.4, -0.2) is 19.9 Å². The zero-order valence-electron chi connectivity index (χ0n) is 13.0. The molecule has 22 heavy (non-hydrogen) atoms. The highest BCUT2D eigenvalue weighted by atomic mass is 16.5. The van der Waals surface area contributed by atoms with Gasteiger partial charge in [-0.05, 0) is 38.5 Å². The van der Waals surface area contributed by atoms with Crippen LogP contribution in [0.2, 0.25) is 0 Å². The van der Waals surface area contributed by atoms with E-state index in [-0.39, 0.29) is 0 Å². The van der Waals surface area contributed by atoms with Crippen LogP contribution in [0.1, 0.15) is 22.8 Å². The quantitative estimate of drug-likeness (QED) is 0.749. The highest BCUT2D eigenvalue weighted by molar-refractivity contribution is 5.67. The van der Waals surface area contributed by atoms with Gasteiger partial charge in [0.1, 0.15) is 0 Å². The van der Waals surface area contributed by atoms with Crippen LogP contribution in [0.25, 0.3) is 11.4 Å². The van der Waals surface area contributed by atoms with Crippen LogP contribution in [0.5, 0.6) is 0 Å². The van der Waals surface area contributed by atoms with Crippen LogP contribution in [0, 0.1) is 20.8 Å². The second-order valence-electron chi connectivity index (χ2n) is 5.43. The molecule has 6 heteroatoms. The van der Waals surface area contributed by atoms with E-state index in [4.69, 9.17) is 10.3 Å². The second-order valence-corrected chi connectivity index (χ2v) is 5.43. The van der Waals surface area contributed by atoms with Crippen LogP contribution >= 0.6 is 0 Å². The van der Waals surface area contributed by atoms with Crippen molar-refractivity contribution in [1.29, 1.82) is 0 Å². The van der Waals surface area contributed by atoms with Crippen LogP contribution in [0.15, 0.2) is 28.8 Å². The molecule has 1 aromatic carbocycles. The molecule has 0 saturated carbocycles. The molecule has 114 valence electrons. The molecule has 0 aliphatic heterocycles. The molecule has 0 unspecified atom stereocenters. The lowest BCUT2D eigenvalue weighted by Gasteiger charge is -2.03. The summed E-state index contributed by atoms with van der Waals surface area (Å²) in [7, 11) is 0. The van der Waals surface area contributed by atoms with Gasteiger partial charge in [0.2, 0.25) is 11.7 Å². The fraction of sp³-hybridized carbons (Fsp3) is 0.312. The van der Waals surface area contributed by atoms with Crippen molar-refractivity contribution in [3.05, 3.63) is 47.1 Å². The van der Waals surface area contributed by atoms with Crippen LogP contribution < -0.4 is 5.73 Å². The number of nitrogens with two attached hydrogens (primary N) is 1. The van der Waals surface area contributed by atoms with Crippen LogP contribution in [-0.2, 0) is 13.0 Å². The molecule has 0 amide bonds. The average Bonchev–Trinajstić information content (AvgIpc) is 3.06. The van der Waals surface area contributed by atoms with Gasteiger partial charge in [0.05, 0.1) is 5.69 Å². The van der Waals surface area contributed by atoms with Crippen molar-refractivity contribution >= 4 is 5.69 Å². The van der Waals surface area contributed by atoms with E-state index in [9.17, 15) is 0 Å². The molecule has 6 nitrogen and oxygen atoms in total. The molecule has 0 bridgehead atoms. The van der Waals surface area contributed by atoms with Gasteiger partial charge in [0, 0.05) is 29.9 Å². The van der Waals surface area contributed by atoms with Crippen molar-refractivity contribution in [3.63, 3.8) is 0 Å². The Labute approximate surface area is 129 Å². The third-order valence-electron chi connectivity index (χ3n) is 3.73. The predicted octanol–water partition coefficient (Wildman–Crippen LogP) is 2.68. The molecular weight excluding hydrogens is 278 g/mol.